The van der Waals surface area contributed by atoms with E-state index in [9.17, 15) is 18.4 Å². The van der Waals surface area contributed by atoms with E-state index in [1.54, 1.807) is 30.3 Å². The smallest absolute Gasteiger partial charge is 0.329 e. The van der Waals surface area contributed by atoms with Gasteiger partial charge in [0.1, 0.15) is 18.2 Å². The molecule has 2 amide bonds. The second kappa shape index (κ2) is 10.7. The van der Waals surface area contributed by atoms with Crippen LogP contribution in [0.2, 0.25) is 0 Å². The van der Waals surface area contributed by atoms with Crippen LogP contribution in [-0.4, -0.2) is 25.1 Å². The maximum Gasteiger partial charge on any atom is 0.329 e. The summed E-state index contributed by atoms with van der Waals surface area (Å²) in [5.74, 6) is -1.82. The van der Waals surface area contributed by atoms with Crippen molar-refractivity contribution < 1.29 is 27.8 Å². The molecule has 0 heterocycles. The molecule has 3 rings (SSSR count). The van der Waals surface area contributed by atoms with Crippen molar-refractivity contribution in [1.82, 2.24) is 5.43 Å². The SMILES string of the molecule is COc1cc(/C=N/NC(=O)C(=O)Nc2ccc(F)cc2)ccc1OCc1ccc(F)cc1. The maximum atomic E-state index is 13.0. The number of halogens is 2. The van der Waals surface area contributed by atoms with E-state index in [0.29, 0.717) is 17.1 Å². The molecule has 0 unspecified atom stereocenters. The van der Waals surface area contributed by atoms with Crippen molar-refractivity contribution in [3.8, 4) is 11.5 Å². The summed E-state index contributed by atoms with van der Waals surface area (Å²) in [5.41, 5.74) is 3.75. The van der Waals surface area contributed by atoms with Crippen molar-refractivity contribution in [1.29, 1.82) is 0 Å². The highest BCUT2D eigenvalue weighted by atomic mass is 19.1. The number of rotatable bonds is 7. The Morgan fingerprint density at radius 2 is 1.56 bits per heavy atom. The Bertz CT molecular complexity index is 1120. The minimum absolute atomic E-state index is 0.225. The summed E-state index contributed by atoms with van der Waals surface area (Å²) in [7, 11) is 1.47. The Balaban J connectivity index is 1.55. The zero-order valence-electron chi connectivity index (χ0n) is 17.0. The van der Waals surface area contributed by atoms with Gasteiger partial charge >= 0.3 is 11.8 Å². The van der Waals surface area contributed by atoms with E-state index < -0.39 is 17.6 Å². The molecule has 0 saturated heterocycles. The largest absolute Gasteiger partial charge is 0.493 e. The van der Waals surface area contributed by atoms with E-state index in [4.69, 9.17) is 9.47 Å². The first-order valence-electron chi connectivity index (χ1n) is 9.40. The van der Waals surface area contributed by atoms with Gasteiger partial charge in [-0.1, -0.05) is 12.1 Å². The van der Waals surface area contributed by atoms with E-state index in [1.165, 1.54) is 37.6 Å². The molecule has 0 aliphatic rings. The number of nitrogens with one attached hydrogen (secondary N) is 2. The van der Waals surface area contributed by atoms with Gasteiger partial charge in [-0.25, -0.2) is 14.2 Å². The number of methoxy groups -OCH3 is 1. The molecule has 7 nitrogen and oxygen atoms in total. The van der Waals surface area contributed by atoms with Crippen LogP contribution in [0.4, 0.5) is 14.5 Å². The average Bonchev–Trinajstić information content (AvgIpc) is 2.80. The van der Waals surface area contributed by atoms with Crippen LogP contribution < -0.4 is 20.2 Å². The zero-order valence-corrected chi connectivity index (χ0v) is 17.0. The maximum absolute atomic E-state index is 13.0. The quantitative estimate of drug-likeness (QED) is 0.334. The molecule has 0 fully saturated rings. The molecule has 0 saturated carbocycles. The van der Waals surface area contributed by atoms with Crippen molar-refractivity contribution in [2.24, 2.45) is 5.10 Å². The first kappa shape index (κ1) is 22.4. The van der Waals surface area contributed by atoms with Crippen molar-refractivity contribution in [2.45, 2.75) is 6.61 Å². The lowest BCUT2D eigenvalue weighted by Gasteiger charge is -2.11. The molecule has 3 aromatic carbocycles. The molecule has 164 valence electrons. The van der Waals surface area contributed by atoms with Gasteiger partial charge in [0.25, 0.3) is 0 Å². The van der Waals surface area contributed by atoms with E-state index in [2.05, 4.69) is 15.8 Å². The van der Waals surface area contributed by atoms with Gasteiger partial charge < -0.3 is 14.8 Å². The summed E-state index contributed by atoms with van der Waals surface area (Å²) in [6.45, 7) is 0.225. The average molecular weight is 439 g/mol. The van der Waals surface area contributed by atoms with Gasteiger partial charge in [-0.15, -0.1) is 0 Å². The molecule has 0 aliphatic carbocycles. The van der Waals surface area contributed by atoms with Crippen LogP contribution in [0.25, 0.3) is 0 Å². The fraction of sp³-hybridized carbons (Fsp3) is 0.0870. The van der Waals surface area contributed by atoms with E-state index in [0.717, 1.165) is 17.7 Å². The van der Waals surface area contributed by atoms with Gasteiger partial charge in [0.15, 0.2) is 11.5 Å². The van der Waals surface area contributed by atoms with Gasteiger partial charge in [-0.05, 0) is 65.7 Å². The monoisotopic (exact) mass is 439 g/mol. The van der Waals surface area contributed by atoms with Crippen LogP contribution >= 0.6 is 0 Å². The summed E-state index contributed by atoms with van der Waals surface area (Å²) < 4.78 is 36.9. The molecule has 3 aromatic rings. The minimum atomic E-state index is -0.989. The molecule has 0 aliphatic heterocycles. The van der Waals surface area contributed by atoms with E-state index >= 15 is 0 Å². The van der Waals surface area contributed by atoms with Crippen LogP contribution in [0.15, 0.2) is 71.8 Å². The van der Waals surface area contributed by atoms with Crippen molar-refractivity contribution in [3.05, 3.63) is 89.5 Å². The van der Waals surface area contributed by atoms with Crippen LogP contribution in [0.1, 0.15) is 11.1 Å². The fourth-order valence-electron chi connectivity index (χ4n) is 2.56. The molecule has 0 radical (unpaired) electrons. The topological polar surface area (TPSA) is 89.0 Å². The number of amides is 2. The normalized spacial score (nSPS) is 10.6. The Labute approximate surface area is 182 Å². The van der Waals surface area contributed by atoms with Crippen molar-refractivity contribution in [3.63, 3.8) is 0 Å². The van der Waals surface area contributed by atoms with Gasteiger partial charge in [-0.3, -0.25) is 9.59 Å². The van der Waals surface area contributed by atoms with Crippen LogP contribution in [0.3, 0.4) is 0 Å². The standard InChI is InChI=1S/C23H19F2N3O4/c1-31-21-12-16(4-11-20(21)32-14-15-2-5-17(24)6-3-15)13-26-28-23(30)22(29)27-19-9-7-18(25)8-10-19/h2-13H,14H2,1H3,(H,27,29)(H,28,30)/b26-13+. The summed E-state index contributed by atoms with van der Waals surface area (Å²) in [4.78, 5) is 23.7. The summed E-state index contributed by atoms with van der Waals surface area (Å²) in [5, 5.41) is 6.07. The number of carbonyl (C=O) groups excluding carboxylic acids is 2. The molecule has 0 aromatic heterocycles. The number of carbonyl (C=O) groups is 2. The molecular weight excluding hydrogens is 420 g/mol. The molecule has 0 spiro atoms. The lowest BCUT2D eigenvalue weighted by Crippen LogP contribution is -2.32. The highest BCUT2D eigenvalue weighted by Crippen LogP contribution is 2.28. The van der Waals surface area contributed by atoms with Gasteiger partial charge in [0.2, 0.25) is 0 Å². The second-order valence-corrected chi connectivity index (χ2v) is 6.49. The summed E-state index contributed by atoms with van der Waals surface area (Å²) in [6.07, 6.45) is 1.33. The molecule has 2 N–H and O–H groups in total. The number of hydrazone groups is 1. The third-order valence-electron chi connectivity index (χ3n) is 4.18. The van der Waals surface area contributed by atoms with Crippen LogP contribution in [0.5, 0.6) is 11.5 Å². The Morgan fingerprint density at radius 1 is 0.906 bits per heavy atom. The first-order valence-corrected chi connectivity index (χ1v) is 9.40. The van der Waals surface area contributed by atoms with Crippen molar-refractivity contribution in [2.75, 3.05) is 12.4 Å². The van der Waals surface area contributed by atoms with Crippen LogP contribution in [0, 0.1) is 11.6 Å². The lowest BCUT2D eigenvalue weighted by molar-refractivity contribution is -0.136. The molecule has 0 atom stereocenters. The van der Waals surface area contributed by atoms with Crippen molar-refractivity contribution >= 4 is 23.7 Å². The highest BCUT2D eigenvalue weighted by Gasteiger charge is 2.13. The van der Waals surface area contributed by atoms with Gasteiger partial charge in [-0.2, -0.15) is 5.10 Å². The molecular formula is C23H19F2N3O4. The predicted molar refractivity (Wildman–Crippen MR) is 114 cm³/mol. The van der Waals surface area contributed by atoms with Crippen LogP contribution in [-0.2, 0) is 16.2 Å². The number of hydrogen-bond donors (Lipinski definition) is 2. The second-order valence-electron chi connectivity index (χ2n) is 6.49. The Morgan fingerprint density at radius 3 is 2.22 bits per heavy atom. The number of benzene rings is 3. The van der Waals surface area contributed by atoms with E-state index in [-0.39, 0.29) is 18.1 Å². The first-order chi connectivity index (χ1) is 15.4. The highest BCUT2D eigenvalue weighted by molar-refractivity contribution is 6.39. The van der Waals surface area contributed by atoms with Gasteiger partial charge in [0, 0.05) is 5.69 Å². The Kier molecular flexibility index (Phi) is 7.47. The van der Waals surface area contributed by atoms with Gasteiger partial charge in [0.05, 0.1) is 13.3 Å². The lowest BCUT2D eigenvalue weighted by atomic mass is 10.2. The summed E-state index contributed by atoms with van der Waals surface area (Å²) in [6, 6.07) is 15.9. The predicted octanol–water partition coefficient (Wildman–Crippen LogP) is 3.64. The third kappa shape index (κ3) is 6.36. The zero-order chi connectivity index (χ0) is 22.9. The summed E-state index contributed by atoms with van der Waals surface area (Å²) >= 11 is 0. The minimum Gasteiger partial charge on any atom is -0.493 e. The molecule has 0 bridgehead atoms. The number of hydrogen-bond acceptors (Lipinski definition) is 5. The molecule has 9 heteroatoms. The number of anilines is 1. The number of nitrogens with zero attached hydrogens (tertiary/aromatic N) is 1. The number of ether oxygens (including phenoxy) is 2. The molecule has 32 heavy (non-hydrogen) atoms. The van der Waals surface area contributed by atoms with E-state index in [1.807, 2.05) is 0 Å². The Hall–Kier alpha value is -4.27. The fourth-order valence-corrected chi connectivity index (χ4v) is 2.56. The third-order valence-corrected chi connectivity index (χ3v) is 4.18.